The fraction of sp³-hybridized carbons (Fsp3) is 0.111. The van der Waals surface area contributed by atoms with Gasteiger partial charge in [-0.15, -0.1) is 11.3 Å². The fourth-order valence-corrected chi connectivity index (χ4v) is 1.49. The first-order valence-corrected chi connectivity index (χ1v) is 4.71. The molecular formula is C9H10N2O2S. The first-order valence-electron chi connectivity index (χ1n) is 3.83. The van der Waals surface area contributed by atoms with E-state index in [1.165, 1.54) is 24.5 Å². The zero-order valence-corrected chi connectivity index (χ0v) is 8.43. The Kier molecular flexibility index (Phi) is 3.41. The van der Waals surface area contributed by atoms with Gasteiger partial charge in [-0.3, -0.25) is 5.41 Å². The maximum Gasteiger partial charge on any atom is 0.356 e. The van der Waals surface area contributed by atoms with Crippen LogP contribution in [0.4, 0.5) is 0 Å². The predicted molar refractivity (Wildman–Crippen MR) is 56.2 cm³/mol. The molecule has 5 heteroatoms. The van der Waals surface area contributed by atoms with Crippen molar-refractivity contribution in [1.82, 2.24) is 0 Å². The third-order valence-electron chi connectivity index (χ3n) is 1.51. The Hall–Kier alpha value is -1.62. The van der Waals surface area contributed by atoms with Crippen molar-refractivity contribution in [2.75, 3.05) is 7.11 Å². The highest BCUT2D eigenvalue weighted by Crippen LogP contribution is 2.15. The molecule has 0 radical (unpaired) electrons. The highest BCUT2D eigenvalue weighted by Gasteiger charge is 2.07. The van der Waals surface area contributed by atoms with E-state index in [0.29, 0.717) is 5.70 Å². The molecule has 0 saturated heterocycles. The summed E-state index contributed by atoms with van der Waals surface area (Å²) >= 11 is 1.45. The molecule has 0 aliphatic heterocycles. The van der Waals surface area contributed by atoms with E-state index in [1.807, 2.05) is 17.5 Å². The average molecular weight is 210 g/mol. The molecule has 0 atom stereocenters. The van der Waals surface area contributed by atoms with Crippen LogP contribution in [-0.2, 0) is 9.53 Å². The van der Waals surface area contributed by atoms with Crippen LogP contribution in [0.25, 0.3) is 5.70 Å². The Balaban J connectivity index is 2.79. The van der Waals surface area contributed by atoms with Crippen LogP contribution in [0.5, 0.6) is 0 Å². The normalized spacial score (nSPS) is 11.1. The average Bonchev–Trinajstić information content (AvgIpc) is 2.69. The number of carbonyl (C=O) groups is 1. The predicted octanol–water partition coefficient (Wildman–Crippen LogP) is 1.24. The lowest BCUT2D eigenvalue weighted by atomic mass is 10.2. The number of thiophene rings is 1. The summed E-state index contributed by atoms with van der Waals surface area (Å²) in [5, 5.41) is 9.17. The van der Waals surface area contributed by atoms with Gasteiger partial charge in [-0.2, -0.15) is 0 Å². The molecule has 1 aromatic rings. The van der Waals surface area contributed by atoms with Gasteiger partial charge in [0, 0.05) is 0 Å². The Morgan fingerprint density at radius 2 is 2.43 bits per heavy atom. The monoisotopic (exact) mass is 210 g/mol. The van der Waals surface area contributed by atoms with Gasteiger partial charge in [-0.1, -0.05) is 6.07 Å². The summed E-state index contributed by atoms with van der Waals surface area (Å²) in [6, 6.07) is 3.67. The number of ether oxygens (including phenoxy) is 1. The van der Waals surface area contributed by atoms with Crippen LogP contribution in [0.1, 0.15) is 4.88 Å². The lowest BCUT2D eigenvalue weighted by Crippen LogP contribution is -2.13. The number of carbonyl (C=O) groups excluding carboxylic acids is 1. The Morgan fingerprint density at radius 3 is 2.93 bits per heavy atom. The molecule has 0 bridgehead atoms. The van der Waals surface area contributed by atoms with E-state index in [2.05, 4.69) is 4.74 Å². The molecule has 14 heavy (non-hydrogen) atoms. The number of methoxy groups -OCH3 is 1. The largest absolute Gasteiger partial charge is 0.464 e. The molecule has 3 N–H and O–H groups in total. The first-order chi connectivity index (χ1) is 6.65. The third-order valence-corrected chi connectivity index (χ3v) is 2.43. The van der Waals surface area contributed by atoms with Crippen molar-refractivity contribution in [3.63, 3.8) is 0 Å². The van der Waals surface area contributed by atoms with Crippen LogP contribution in [0, 0.1) is 5.41 Å². The van der Waals surface area contributed by atoms with Crippen molar-refractivity contribution < 1.29 is 9.53 Å². The minimum atomic E-state index is -0.690. The second-order valence-corrected chi connectivity index (χ2v) is 3.43. The molecule has 0 unspecified atom stereocenters. The SMILES string of the molecule is COC(=O)C(=N)/C=C(\N)c1cccs1. The molecule has 1 aromatic heterocycles. The zero-order chi connectivity index (χ0) is 10.6. The second-order valence-electron chi connectivity index (χ2n) is 2.48. The third kappa shape index (κ3) is 2.43. The summed E-state index contributed by atoms with van der Waals surface area (Å²) in [6.45, 7) is 0. The quantitative estimate of drug-likeness (QED) is 0.582. The maximum atomic E-state index is 10.9. The van der Waals surface area contributed by atoms with Crippen molar-refractivity contribution in [2.24, 2.45) is 5.73 Å². The smallest absolute Gasteiger partial charge is 0.356 e. The molecule has 74 valence electrons. The minimum Gasteiger partial charge on any atom is -0.464 e. The Bertz CT molecular complexity index is 368. The molecule has 0 aliphatic carbocycles. The number of hydrogen-bond donors (Lipinski definition) is 2. The number of hydrogen-bond acceptors (Lipinski definition) is 5. The summed E-state index contributed by atoms with van der Waals surface area (Å²) < 4.78 is 4.37. The lowest BCUT2D eigenvalue weighted by Gasteiger charge is -1.98. The van der Waals surface area contributed by atoms with Gasteiger partial charge >= 0.3 is 5.97 Å². The summed E-state index contributed by atoms with van der Waals surface area (Å²) in [5.41, 5.74) is 5.80. The molecule has 4 nitrogen and oxygen atoms in total. The van der Waals surface area contributed by atoms with Crippen LogP contribution in [0.3, 0.4) is 0 Å². The summed E-state index contributed by atoms with van der Waals surface area (Å²) in [7, 11) is 1.23. The minimum absolute atomic E-state index is 0.251. The number of esters is 1. The van der Waals surface area contributed by atoms with Gasteiger partial charge in [-0.05, 0) is 17.5 Å². The topological polar surface area (TPSA) is 76.2 Å². The highest BCUT2D eigenvalue weighted by molar-refractivity contribution is 7.11. The van der Waals surface area contributed by atoms with E-state index in [1.54, 1.807) is 0 Å². The zero-order valence-electron chi connectivity index (χ0n) is 7.61. The van der Waals surface area contributed by atoms with Gasteiger partial charge in [0.2, 0.25) is 0 Å². The molecule has 0 saturated carbocycles. The van der Waals surface area contributed by atoms with Crippen LogP contribution in [0.2, 0.25) is 0 Å². The van der Waals surface area contributed by atoms with Crippen LogP contribution < -0.4 is 5.73 Å². The van der Waals surface area contributed by atoms with Crippen LogP contribution >= 0.6 is 11.3 Å². The standard InChI is InChI=1S/C9H10N2O2S/c1-13-9(12)7(11)5-6(10)8-3-2-4-14-8/h2-5,11H,10H2,1H3/b6-5-,11-7?. The molecule has 0 spiro atoms. The van der Waals surface area contributed by atoms with Crippen LogP contribution in [0.15, 0.2) is 23.6 Å². The highest BCUT2D eigenvalue weighted by atomic mass is 32.1. The molecule has 1 heterocycles. The van der Waals surface area contributed by atoms with Crippen LogP contribution in [-0.4, -0.2) is 18.8 Å². The maximum absolute atomic E-state index is 10.9. The van der Waals surface area contributed by atoms with E-state index in [4.69, 9.17) is 11.1 Å². The number of nitrogens with two attached hydrogens (primary N) is 1. The van der Waals surface area contributed by atoms with Gasteiger partial charge in [0.1, 0.15) is 5.71 Å². The van der Waals surface area contributed by atoms with Gasteiger partial charge in [0.05, 0.1) is 17.7 Å². The molecular weight excluding hydrogens is 200 g/mol. The van der Waals surface area contributed by atoms with Gasteiger partial charge in [0.15, 0.2) is 0 Å². The Morgan fingerprint density at radius 1 is 1.71 bits per heavy atom. The molecule has 0 amide bonds. The Labute approximate surface area is 85.5 Å². The van der Waals surface area contributed by atoms with E-state index >= 15 is 0 Å². The molecule has 0 aromatic carbocycles. The van der Waals surface area contributed by atoms with E-state index in [9.17, 15) is 4.79 Å². The number of rotatable bonds is 3. The molecule has 0 aliphatic rings. The van der Waals surface area contributed by atoms with Gasteiger partial charge in [0.25, 0.3) is 0 Å². The van der Waals surface area contributed by atoms with Crippen molar-refractivity contribution >= 4 is 28.7 Å². The van der Waals surface area contributed by atoms with Crippen molar-refractivity contribution in [3.05, 3.63) is 28.5 Å². The summed E-state index contributed by atoms with van der Waals surface area (Å²) in [4.78, 5) is 11.7. The molecule has 1 rings (SSSR count). The van der Waals surface area contributed by atoms with Gasteiger partial charge < -0.3 is 10.5 Å². The van der Waals surface area contributed by atoms with Crippen molar-refractivity contribution in [1.29, 1.82) is 5.41 Å². The van der Waals surface area contributed by atoms with Crippen molar-refractivity contribution in [3.8, 4) is 0 Å². The summed E-state index contributed by atoms with van der Waals surface area (Å²) in [5.74, 6) is -0.690. The molecule has 0 fully saturated rings. The summed E-state index contributed by atoms with van der Waals surface area (Å²) in [6.07, 6.45) is 1.29. The lowest BCUT2D eigenvalue weighted by molar-refractivity contribution is -0.132. The second kappa shape index (κ2) is 4.57. The van der Waals surface area contributed by atoms with Gasteiger partial charge in [-0.25, -0.2) is 4.79 Å². The van der Waals surface area contributed by atoms with Crippen molar-refractivity contribution in [2.45, 2.75) is 0 Å². The first kappa shape index (κ1) is 10.5. The van der Waals surface area contributed by atoms with E-state index < -0.39 is 5.97 Å². The van der Waals surface area contributed by atoms with E-state index in [-0.39, 0.29) is 5.71 Å². The van der Waals surface area contributed by atoms with E-state index in [0.717, 1.165) is 4.88 Å². The number of nitrogens with one attached hydrogen (secondary N) is 1. The fourth-order valence-electron chi connectivity index (χ4n) is 0.838.